The Bertz CT molecular complexity index is 781. The number of halogens is 1. The van der Waals surface area contributed by atoms with Gasteiger partial charge in [0.15, 0.2) is 0 Å². The molecular formula is C15H14FN5. The third-order valence-electron chi connectivity index (χ3n) is 3.03. The van der Waals surface area contributed by atoms with E-state index in [-0.39, 0.29) is 5.82 Å². The first kappa shape index (κ1) is 13.2. The Labute approximate surface area is 121 Å². The lowest BCUT2D eigenvalue weighted by atomic mass is 10.1. The number of rotatable bonds is 3. The fourth-order valence-electron chi connectivity index (χ4n) is 2.05. The molecule has 0 saturated carbocycles. The van der Waals surface area contributed by atoms with Crippen LogP contribution in [0.5, 0.6) is 0 Å². The zero-order valence-electron chi connectivity index (χ0n) is 11.7. The summed E-state index contributed by atoms with van der Waals surface area (Å²) >= 11 is 0. The molecule has 21 heavy (non-hydrogen) atoms. The molecule has 0 saturated heterocycles. The Hall–Kier alpha value is -2.76. The minimum absolute atomic E-state index is 0.285. The highest BCUT2D eigenvalue weighted by atomic mass is 19.1. The number of aromatic nitrogens is 4. The summed E-state index contributed by atoms with van der Waals surface area (Å²) in [7, 11) is 1.83. The van der Waals surface area contributed by atoms with Crippen LogP contribution in [0.3, 0.4) is 0 Å². The van der Waals surface area contributed by atoms with Gasteiger partial charge >= 0.3 is 0 Å². The lowest BCUT2D eigenvalue weighted by Gasteiger charge is -2.08. The van der Waals surface area contributed by atoms with Crippen molar-refractivity contribution < 1.29 is 4.39 Å². The zero-order chi connectivity index (χ0) is 14.8. The predicted molar refractivity (Wildman–Crippen MR) is 78.7 cm³/mol. The van der Waals surface area contributed by atoms with Gasteiger partial charge in [-0.15, -0.1) is 0 Å². The van der Waals surface area contributed by atoms with Crippen LogP contribution < -0.4 is 5.32 Å². The second-order valence-electron chi connectivity index (χ2n) is 4.76. The molecule has 5 nitrogen and oxygen atoms in total. The maximum absolute atomic E-state index is 13.4. The Morgan fingerprint density at radius 1 is 1.24 bits per heavy atom. The van der Waals surface area contributed by atoms with Crippen molar-refractivity contribution in [3.8, 4) is 11.3 Å². The number of benzene rings is 1. The Morgan fingerprint density at radius 3 is 2.81 bits per heavy atom. The second-order valence-corrected chi connectivity index (χ2v) is 4.76. The number of nitrogens with zero attached hydrogens (tertiary/aromatic N) is 4. The van der Waals surface area contributed by atoms with Gasteiger partial charge in [-0.1, -0.05) is 12.1 Å². The summed E-state index contributed by atoms with van der Waals surface area (Å²) in [6, 6.07) is 6.37. The summed E-state index contributed by atoms with van der Waals surface area (Å²) in [5.41, 5.74) is 3.11. The quantitative estimate of drug-likeness (QED) is 0.802. The molecule has 0 fully saturated rings. The van der Waals surface area contributed by atoms with Crippen LogP contribution >= 0.6 is 0 Å². The van der Waals surface area contributed by atoms with Gasteiger partial charge in [-0.2, -0.15) is 5.10 Å². The van der Waals surface area contributed by atoms with E-state index in [0.717, 1.165) is 16.8 Å². The largest absolute Gasteiger partial charge is 0.321 e. The average molecular weight is 283 g/mol. The van der Waals surface area contributed by atoms with Crippen LogP contribution in [-0.2, 0) is 7.05 Å². The maximum atomic E-state index is 13.4. The van der Waals surface area contributed by atoms with Crippen LogP contribution in [0, 0.1) is 12.7 Å². The first-order valence-electron chi connectivity index (χ1n) is 6.47. The van der Waals surface area contributed by atoms with Gasteiger partial charge in [-0.05, 0) is 24.6 Å². The van der Waals surface area contributed by atoms with Gasteiger partial charge in [0.1, 0.15) is 5.82 Å². The Morgan fingerprint density at radius 2 is 2.10 bits per heavy atom. The third kappa shape index (κ3) is 2.89. The summed E-state index contributed by atoms with van der Waals surface area (Å²) in [6.45, 7) is 1.90. The topological polar surface area (TPSA) is 55.6 Å². The van der Waals surface area contributed by atoms with Crippen molar-refractivity contribution in [3.63, 3.8) is 0 Å². The fraction of sp³-hybridized carbons (Fsp3) is 0.133. The first-order valence-corrected chi connectivity index (χ1v) is 6.47. The molecule has 3 rings (SSSR count). The van der Waals surface area contributed by atoms with Crippen molar-refractivity contribution in [2.24, 2.45) is 7.05 Å². The molecule has 0 amide bonds. The molecule has 0 spiro atoms. The van der Waals surface area contributed by atoms with Gasteiger partial charge in [0, 0.05) is 25.0 Å². The SMILES string of the molecule is Cc1cnc(Nc2cnn(C)c2)nc1-c1cccc(F)c1. The van der Waals surface area contributed by atoms with Gasteiger partial charge in [-0.3, -0.25) is 4.68 Å². The molecular weight excluding hydrogens is 269 g/mol. The van der Waals surface area contributed by atoms with Crippen molar-refractivity contribution in [2.45, 2.75) is 6.92 Å². The van der Waals surface area contributed by atoms with Crippen LogP contribution in [-0.4, -0.2) is 19.7 Å². The van der Waals surface area contributed by atoms with E-state index in [1.807, 2.05) is 26.2 Å². The van der Waals surface area contributed by atoms with Gasteiger partial charge in [0.25, 0.3) is 0 Å². The summed E-state index contributed by atoms with van der Waals surface area (Å²) in [4.78, 5) is 8.70. The Balaban J connectivity index is 1.96. The molecule has 1 N–H and O–H groups in total. The van der Waals surface area contributed by atoms with Crippen molar-refractivity contribution in [1.29, 1.82) is 0 Å². The summed E-state index contributed by atoms with van der Waals surface area (Å²) < 4.78 is 15.0. The van der Waals surface area contributed by atoms with Crippen molar-refractivity contribution in [3.05, 3.63) is 54.2 Å². The summed E-state index contributed by atoms with van der Waals surface area (Å²) in [5.74, 6) is 0.167. The molecule has 106 valence electrons. The van der Waals surface area contributed by atoms with E-state index in [0.29, 0.717) is 11.6 Å². The number of aryl methyl sites for hydroxylation is 2. The van der Waals surface area contributed by atoms with Gasteiger partial charge in [0.2, 0.25) is 5.95 Å². The van der Waals surface area contributed by atoms with E-state index in [9.17, 15) is 4.39 Å². The molecule has 3 aromatic rings. The molecule has 1 aromatic carbocycles. The number of nitrogens with one attached hydrogen (secondary N) is 1. The minimum Gasteiger partial charge on any atom is -0.321 e. The van der Waals surface area contributed by atoms with Crippen molar-refractivity contribution in [1.82, 2.24) is 19.7 Å². The highest BCUT2D eigenvalue weighted by molar-refractivity contribution is 5.64. The summed E-state index contributed by atoms with van der Waals surface area (Å²) in [6.07, 6.45) is 5.22. The minimum atomic E-state index is -0.285. The van der Waals surface area contributed by atoms with Crippen LogP contribution in [0.15, 0.2) is 42.9 Å². The van der Waals surface area contributed by atoms with Gasteiger partial charge in [-0.25, -0.2) is 14.4 Å². The fourth-order valence-corrected chi connectivity index (χ4v) is 2.05. The molecule has 0 aliphatic carbocycles. The molecule has 0 aliphatic heterocycles. The highest BCUT2D eigenvalue weighted by Gasteiger charge is 2.08. The van der Waals surface area contributed by atoms with E-state index in [1.54, 1.807) is 23.1 Å². The van der Waals surface area contributed by atoms with Gasteiger partial charge < -0.3 is 5.32 Å². The third-order valence-corrected chi connectivity index (χ3v) is 3.03. The van der Waals surface area contributed by atoms with Crippen molar-refractivity contribution in [2.75, 3.05) is 5.32 Å². The van der Waals surface area contributed by atoms with Crippen LogP contribution in [0.4, 0.5) is 16.0 Å². The molecule has 0 atom stereocenters. The Kier molecular flexibility index (Phi) is 3.35. The molecule has 0 aliphatic rings. The maximum Gasteiger partial charge on any atom is 0.227 e. The van der Waals surface area contributed by atoms with E-state index >= 15 is 0 Å². The van der Waals surface area contributed by atoms with Crippen LogP contribution in [0.1, 0.15) is 5.56 Å². The number of hydrogen-bond donors (Lipinski definition) is 1. The molecule has 0 radical (unpaired) electrons. The number of anilines is 2. The average Bonchev–Trinajstić information content (AvgIpc) is 2.86. The number of hydrogen-bond acceptors (Lipinski definition) is 4. The molecule has 0 unspecified atom stereocenters. The molecule has 0 bridgehead atoms. The van der Waals surface area contributed by atoms with Crippen LogP contribution in [0.2, 0.25) is 0 Å². The van der Waals surface area contributed by atoms with E-state index in [1.165, 1.54) is 12.1 Å². The predicted octanol–water partition coefficient (Wildman–Crippen LogP) is 3.07. The first-order chi connectivity index (χ1) is 10.1. The van der Waals surface area contributed by atoms with Crippen LogP contribution in [0.25, 0.3) is 11.3 Å². The standard InChI is InChI=1S/C15H14FN5/c1-10-7-17-15(19-13-8-18-21(2)9-13)20-14(10)11-4-3-5-12(16)6-11/h3-9H,1-2H3,(H,17,19,20). The van der Waals surface area contributed by atoms with E-state index < -0.39 is 0 Å². The van der Waals surface area contributed by atoms with Crippen molar-refractivity contribution >= 4 is 11.6 Å². The second kappa shape index (κ2) is 5.32. The molecule has 2 aromatic heterocycles. The highest BCUT2D eigenvalue weighted by Crippen LogP contribution is 2.23. The zero-order valence-corrected chi connectivity index (χ0v) is 11.7. The molecule has 6 heteroatoms. The van der Waals surface area contributed by atoms with E-state index in [4.69, 9.17) is 0 Å². The monoisotopic (exact) mass is 283 g/mol. The van der Waals surface area contributed by atoms with Gasteiger partial charge in [0.05, 0.1) is 17.6 Å². The normalized spacial score (nSPS) is 10.6. The smallest absolute Gasteiger partial charge is 0.227 e. The lowest BCUT2D eigenvalue weighted by Crippen LogP contribution is -1.99. The summed E-state index contributed by atoms with van der Waals surface area (Å²) in [5, 5.41) is 7.15. The lowest BCUT2D eigenvalue weighted by molar-refractivity contribution is 0.628. The molecule has 2 heterocycles. The van der Waals surface area contributed by atoms with E-state index in [2.05, 4.69) is 20.4 Å².